The van der Waals surface area contributed by atoms with Crippen molar-refractivity contribution in [2.24, 2.45) is 0 Å². The Labute approximate surface area is 214 Å². The van der Waals surface area contributed by atoms with E-state index in [0.717, 1.165) is 28.1 Å². The van der Waals surface area contributed by atoms with Crippen molar-refractivity contribution in [2.75, 3.05) is 35.5 Å². The summed E-state index contributed by atoms with van der Waals surface area (Å²) >= 11 is 0. The molecule has 0 radical (unpaired) electrons. The lowest BCUT2D eigenvalue weighted by atomic mass is 9.83. The second kappa shape index (κ2) is 9.61. The molecule has 2 heterocycles. The summed E-state index contributed by atoms with van der Waals surface area (Å²) in [6, 6.07) is 9.43. The number of ether oxygens (including phenoxy) is 5. The third-order valence-electron chi connectivity index (χ3n) is 6.78. The molecule has 1 atom stereocenters. The van der Waals surface area contributed by atoms with Crippen LogP contribution in [0, 0.1) is 6.92 Å². The first-order valence-corrected chi connectivity index (χ1v) is 11.7. The van der Waals surface area contributed by atoms with E-state index in [-0.39, 0.29) is 18.1 Å². The van der Waals surface area contributed by atoms with Crippen LogP contribution in [0.25, 0.3) is 16.8 Å². The molecule has 0 spiro atoms. The fourth-order valence-electron chi connectivity index (χ4n) is 4.98. The van der Waals surface area contributed by atoms with E-state index in [1.807, 2.05) is 37.3 Å². The summed E-state index contributed by atoms with van der Waals surface area (Å²) in [5.74, 6) is 2.60. The van der Waals surface area contributed by atoms with E-state index in [4.69, 9.17) is 28.8 Å². The normalized spacial score (nSPS) is 14.9. The molecular weight excluding hydrogens is 476 g/mol. The van der Waals surface area contributed by atoms with Crippen molar-refractivity contribution in [1.29, 1.82) is 0 Å². The quantitative estimate of drug-likeness (QED) is 0.368. The molecule has 1 aliphatic carbocycles. The number of carbonyl (C=O) groups is 1. The van der Waals surface area contributed by atoms with Gasteiger partial charge in [-0.25, -0.2) is 4.52 Å². The van der Waals surface area contributed by atoms with Gasteiger partial charge in [-0.2, -0.15) is 5.10 Å². The van der Waals surface area contributed by atoms with Gasteiger partial charge in [0.15, 0.2) is 40.1 Å². The van der Waals surface area contributed by atoms with Crippen molar-refractivity contribution in [3.8, 4) is 39.9 Å². The van der Waals surface area contributed by atoms with E-state index in [2.05, 4.69) is 10.2 Å². The maximum atomic E-state index is 13.2. The molecule has 10 heteroatoms. The van der Waals surface area contributed by atoms with Crippen LogP contribution in [-0.2, 0) is 6.42 Å². The molecular formula is C27H28N4O6. The molecule has 5 rings (SSSR count). The maximum Gasteiger partial charge on any atom is 0.203 e. The summed E-state index contributed by atoms with van der Waals surface area (Å²) in [4.78, 5) is 13.2. The van der Waals surface area contributed by atoms with E-state index in [1.54, 1.807) is 40.1 Å². The van der Waals surface area contributed by atoms with Gasteiger partial charge in [-0.1, -0.05) is 6.07 Å². The number of nitrogens with zero attached hydrogens (tertiary/aromatic N) is 4. The number of carbonyl (C=O) groups excluding carboxylic acids is 1. The summed E-state index contributed by atoms with van der Waals surface area (Å²) in [6.45, 7) is 1.91. The molecule has 4 aromatic rings. The van der Waals surface area contributed by atoms with Gasteiger partial charge in [0.25, 0.3) is 0 Å². The van der Waals surface area contributed by atoms with Gasteiger partial charge in [-0.15, -0.1) is 10.2 Å². The van der Waals surface area contributed by atoms with E-state index < -0.39 is 0 Å². The Morgan fingerprint density at radius 3 is 2.11 bits per heavy atom. The molecule has 192 valence electrons. The monoisotopic (exact) mass is 504 g/mol. The molecule has 0 saturated carbocycles. The molecule has 10 nitrogen and oxygen atoms in total. The van der Waals surface area contributed by atoms with Gasteiger partial charge in [-0.3, -0.25) is 4.79 Å². The second-order valence-electron chi connectivity index (χ2n) is 8.75. The molecule has 0 amide bonds. The van der Waals surface area contributed by atoms with Crippen LogP contribution in [-0.4, -0.2) is 61.1 Å². The fourth-order valence-corrected chi connectivity index (χ4v) is 4.98. The lowest BCUT2D eigenvalue weighted by Gasteiger charge is -2.24. The van der Waals surface area contributed by atoms with Crippen molar-refractivity contribution >= 4 is 11.4 Å². The number of hydrogen-bond acceptors (Lipinski definition) is 9. The largest absolute Gasteiger partial charge is 0.493 e. The summed E-state index contributed by atoms with van der Waals surface area (Å²) in [6.07, 6.45) is 0.826. The smallest absolute Gasteiger partial charge is 0.203 e. The van der Waals surface area contributed by atoms with Crippen molar-refractivity contribution in [1.82, 2.24) is 19.8 Å². The van der Waals surface area contributed by atoms with Crippen molar-refractivity contribution < 1.29 is 28.5 Å². The summed E-state index contributed by atoms with van der Waals surface area (Å²) in [5, 5.41) is 13.5. The highest BCUT2D eigenvalue weighted by molar-refractivity contribution is 5.97. The van der Waals surface area contributed by atoms with Gasteiger partial charge >= 0.3 is 0 Å². The van der Waals surface area contributed by atoms with Gasteiger partial charge < -0.3 is 23.7 Å². The Kier molecular flexibility index (Phi) is 6.32. The van der Waals surface area contributed by atoms with Gasteiger partial charge in [0.2, 0.25) is 5.75 Å². The number of methoxy groups -OCH3 is 5. The van der Waals surface area contributed by atoms with Crippen molar-refractivity contribution in [2.45, 2.75) is 25.7 Å². The van der Waals surface area contributed by atoms with Crippen LogP contribution in [0.4, 0.5) is 0 Å². The minimum Gasteiger partial charge on any atom is -0.493 e. The molecule has 0 bridgehead atoms. The zero-order valence-electron chi connectivity index (χ0n) is 21.6. The first kappa shape index (κ1) is 24.4. The highest BCUT2D eigenvalue weighted by atomic mass is 16.5. The number of ketones is 1. The number of rotatable bonds is 7. The zero-order valence-corrected chi connectivity index (χ0v) is 21.6. The Bertz CT molecular complexity index is 1490. The predicted octanol–water partition coefficient (Wildman–Crippen LogP) is 4.06. The summed E-state index contributed by atoms with van der Waals surface area (Å²) in [5.41, 5.74) is 4.98. The average molecular weight is 505 g/mol. The minimum atomic E-state index is -0.129. The molecule has 0 unspecified atom stereocenters. The number of benzene rings is 2. The van der Waals surface area contributed by atoms with Gasteiger partial charge in [0.1, 0.15) is 0 Å². The van der Waals surface area contributed by atoms with Crippen LogP contribution in [0.5, 0.6) is 28.7 Å². The van der Waals surface area contributed by atoms with E-state index in [1.165, 1.54) is 0 Å². The van der Waals surface area contributed by atoms with Crippen LogP contribution in [0.2, 0.25) is 0 Å². The van der Waals surface area contributed by atoms with Gasteiger partial charge in [0.05, 0.1) is 52.5 Å². The van der Waals surface area contributed by atoms with E-state index >= 15 is 0 Å². The summed E-state index contributed by atoms with van der Waals surface area (Å²) in [7, 11) is 7.90. The standard InChI is InChI=1S/C27H28N4O6/c1-14-24(15-7-8-20(33-2)21(11-15)34-3)27-29-28-25-18(31(27)30-14)9-16(10-19(25)32)17-12-22(35-4)26(37-6)23(13-17)36-5/h7-8,11-13,16H,9-10H2,1-6H3/t16-/m0/s1. The highest BCUT2D eigenvalue weighted by Crippen LogP contribution is 2.43. The highest BCUT2D eigenvalue weighted by Gasteiger charge is 2.32. The van der Waals surface area contributed by atoms with Crippen LogP contribution >= 0.6 is 0 Å². The molecule has 2 aromatic carbocycles. The van der Waals surface area contributed by atoms with Crippen LogP contribution in [0.15, 0.2) is 30.3 Å². The lowest BCUT2D eigenvalue weighted by Crippen LogP contribution is -2.24. The number of fused-ring (bicyclic) bond motifs is 3. The minimum absolute atomic E-state index is 0.0878. The Morgan fingerprint density at radius 1 is 0.811 bits per heavy atom. The fraction of sp³-hybridized carbons (Fsp3) is 0.333. The van der Waals surface area contributed by atoms with Crippen LogP contribution in [0.1, 0.15) is 39.8 Å². The molecule has 2 aromatic heterocycles. The second-order valence-corrected chi connectivity index (χ2v) is 8.75. The molecule has 0 saturated heterocycles. The van der Waals surface area contributed by atoms with Crippen molar-refractivity contribution in [3.63, 3.8) is 0 Å². The molecule has 0 fully saturated rings. The average Bonchev–Trinajstić information content (AvgIpc) is 3.27. The van der Waals surface area contributed by atoms with E-state index in [9.17, 15) is 4.79 Å². The molecule has 37 heavy (non-hydrogen) atoms. The molecule has 1 aliphatic rings. The third kappa shape index (κ3) is 3.98. The number of aromatic nitrogens is 4. The Hall–Kier alpha value is -4.34. The number of Topliss-reactive ketones (excluding diaryl/α,β-unsaturated/α-hetero) is 1. The van der Waals surface area contributed by atoms with Crippen LogP contribution < -0.4 is 23.7 Å². The van der Waals surface area contributed by atoms with Crippen molar-refractivity contribution in [3.05, 3.63) is 53.0 Å². The Balaban J connectivity index is 1.62. The molecule has 0 aliphatic heterocycles. The predicted molar refractivity (Wildman–Crippen MR) is 136 cm³/mol. The summed E-state index contributed by atoms with van der Waals surface area (Å²) < 4.78 is 29.1. The molecule has 0 N–H and O–H groups in total. The van der Waals surface area contributed by atoms with Gasteiger partial charge in [0, 0.05) is 6.42 Å². The zero-order chi connectivity index (χ0) is 26.3. The topological polar surface area (TPSA) is 106 Å². The van der Waals surface area contributed by atoms with Crippen LogP contribution in [0.3, 0.4) is 0 Å². The Morgan fingerprint density at radius 2 is 1.49 bits per heavy atom. The SMILES string of the molecule is COc1ccc(-c2c(C)nn3c4c(nnc23)C(=O)C[C@@H](c2cc(OC)c(OC)c(OC)c2)C4)cc1OC. The first-order valence-electron chi connectivity index (χ1n) is 11.7. The number of hydrogen-bond donors (Lipinski definition) is 0. The third-order valence-corrected chi connectivity index (χ3v) is 6.78. The van der Waals surface area contributed by atoms with Gasteiger partial charge in [-0.05, 0) is 54.7 Å². The first-order chi connectivity index (χ1) is 17.9. The lowest BCUT2D eigenvalue weighted by molar-refractivity contribution is 0.0955. The number of aryl methyl sites for hydroxylation is 1. The van der Waals surface area contributed by atoms with E-state index in [0.29, 0.717) is 46.5 Å². The maximum absolute atomic E-state index is 13.2.